The van der Waals surface area contributed by atoms with Crippen LogP contribution in [0.3, 0.4) is 0 Å². The van der Waals surface area contributed by atoms with Crippen molar-refractivity contribution in [1.82, 2.24) is 4.98 Å². The third kappa shape index (κ3) is 3.45. The number of nitrogens with zero attached hydrogens (tertiary/aromatic N) is 1. The van der Waals surface area contributed by atoms with E-state index in [1.165, 1.54) is 0 Å². The summed E-state index contributed by atoms with van der Waals surface area (Å²) < 4.78 is 10.3. The third-order valence-electron chi connectivity index (χ3n) is 3.37. The summed E-state index contributed by atoms with van der Waals surface area (Å²) >= 11 is 0. The number of carbonyl (C=O) groups is 1. The lowest BCUT2D eigenvalue weighted by molar-refractivity contribution is 0.0527. The van der Waals surface area contributed by atoms with Crippen molar-refractivity contribution in [2.24, 2.45) is 0 Å². The second-order valence-corrected chi connectivity index (χ2v) is 5.24. The zero-order valence-electron chi connectivity index (χ0n) is 13.4. The monoisotopic (exact) mass is 299 g/mol. The predicted molar refractivity (Wildman–Crippen MR) is 86.3 cm³/mol. The smallest absolute Gasteiger partial charge is 0.340 e. The van der Waals surface area contributed by atoms with Crippen molar-refractivity contribution in [3.05, 3.63) is 47.7 Å². The second-order valence-electron chi connectivity index (χ2n) is 5.24. The standard InChI is InChI=1S/C18H21NO3/c1-5-22-18(20)15-10-11-16(12(2)3)19-17(15)13-6-8-14(21-4)9-7-13/h6-12H,5H2,1-4H3. The minimum Gasteiger partial charge on any atom is -0.497 e. The van der Waals surface area contributed by atoms with E-state index >= 15 is 0 Å². The molecule has 22 heavy (non-hydrogen) atoms. The number of benzene rings is 1. The Hall–Kier alpha value is -2.36. The first-order valence-electron chi connectivity index (χ1n) is 7.39. The van der Waals surface area contributed by atoms with Gasteiger partial charge in [0.25, 0.3) is 0 Å². The lowest BCUT2D eigenvalue weighted by Gasteiger charge is -2.12. The van der Waals surface area contributed by atoms with Gasteiger partial charge in [0.2, 0.25) is 0 Å². The van der Waals surface area contributed by atoms with Gasteiger partial charge in [0, 0.05) is 11.3 Å². The van der Waals surface area contributed by atoms with E-state index in [-0.39, 0.29) is 11.9 Å². The van der Waals surface area contributed by atoms with E-state index in [0.29, 0.717) is 17.9 Å². The number of aromatic nitrogens is 1. The molecule has 1 aromatic carbocycles. The van der Waals surface area contributed by atoms with E-state index < -0.39 is 0 Å². The number of ether oxygens (including phenoxy) is 2. The molecule has 1 aromatic heterocycles. The fourth-order valence-electron chi connectivity index (χ4n) is 2.14. The molecule has 2 rings (SSSR count). The van der Waals surface area contributed by atoms with Gasteiger partial charge in [-0.05, 0) is 49.2 Å². The van der Waals surface area contributed by atoms with E-state index in [4.69, 9.17) is 9.47 Å². The molecule has 0 aliphatic rings. The first-order valence-corrected chi connectivity index (χ1v) is 7.39. The minimum absolute atomic E-state index is 0.285. The number of hydrogen-bond donors (Lipinski definition) is 0. The Balaban J connectivity index is 2.52. The molecule has 1 heterocycles. The molecule has 0 unspecified atom stereocenters. The largest absolute Gasteiger partial charge is 0.497 e. The van der Waals surface area contributed by atoms with Gasteiger partial charge in [-0.3, -0.25) is 4.98 Å². The first kappa shape index (κ1) is 16.0. The highest BCUT2D eigenvalue weighted by Gasteiger charge is 2.17. The Morgan fingerprint density at radius 2 is 1.82 bits per heavy atom. The molecule has 0 atom stereocenters. The lowest BCUT2D eigenvalue weighted by atomic mass is 10.0. The first-order chi connectivity index (χ1) is 10.6. The zero-order chi connectivity index (χ0) is 16.1. The van der Waals surface area contributed by atoms with E-state index in [1.54, 1.807) is 20.1 Å². The van der Waals surface area contributed by atoms with Crippen molar-refractivity contribution in [3.63, 3.8) is 0 Å². The number of methoxy groups -OCH3 is 1. The number of esters is 1. The minimum atomic E-state index is -0.351. The van der Waals surface area contributed by atoms with Crippen molar-refractivity contribution < 1.29 is 14.3 Å². The van der Waals surface area contributed by atoms with Crippen LogP contribution in [0.5, 0.6) is 5.75 Å². The molecule has 0 aliphatic heterocycles. The highest BCUT2D eigenvalue weighted by atomic mass is 16.5. The highest BCUT2D eigenvalue weighted by molar-refractivity contribution is 5.96. The molecule has 4 nitrogen and oxygen atoms in total. The van der Waals surface area contributed by atoms with Crippen molar-refractivity contribution in [1.29, 1.82) is 0 Å². The van der Waals surface area contributed by atoms with E-state index in [2.05, 4.69) is 18.8 Å². The van der Waals surface area contributed by atoms with Gasteiger partial charge in [-0.2, -0.15) is 0 Å². The quantitative estimate of drug-likeness (QED) is 0.781. The Morgan fingerprint density at radius 3 is 2.36 bits per heavy atom. The van der Waals surface area contributed by atoms with Crippen LogP contribution < -0.4 is 4.74 Å². The van der Waals surface area contributed by atoms with Crippen molar-refractivity contribution in [3.8, 4) is 17.0 Å². The molecule has 0 spiro atoms. The van der Waals surface area contributed by atoms with Gasteiger partial charge in [0.15, 0.2) is 0 Å². The molecule has 0 bridgehead atoms. The summed E-state index contributed by atoms with van der Waals surface area (Å²) in [6.45, 7) is 6.28. The Labute approximate surface area is 131 Å². The average molecular weight is 299 g/mol. The van der Waals surface area contributed by atoms with Gasteiger partial charge in [0.05, 0.1) is 25.0 Å². The van der Waals surface area contributed by atoms with Crippen molar-refractivity contribution in [2.45, 2.75) is 26.7 Å². The summed E-state index contributed by atoms with van der Waals surface area (Å²) in [5.41, 5.74) is 2.94. The highest BCUT2D eigenvalue weighted by Crippen LogP contribution is 2.27. The van der Waals surface area contributed by atoms with Gasteiger partial charge < -0.3 is 9.47 Å². The summed E-state index contributed by atoms with van der Waals surface area (Å²) in [7, 11) is 1.62. The fraction of sp³-hybridized carbons (Fsp3) is 0.333. The normalized spacial score (nSPS) is 10.6. The Morgan fingerprint density at radius 1 is 1.14 bits per heavy atom. The summed E-state index contributed by atoms with van der Waals surface area (Å²) in [4.78, 5) is 16.8. The maximum atomic E-state index is 12.2. The van der Waals surface area contributed by atoms with Crippen LogP contribution in [0.15, 0.2) is 36.4 Å². The van der Waals surface area contributed by atoms with Gasteiger partial charge in [-0.15, -0.1) is 0 Å². The van der Waals surface area contributed by atoms with Gasteiger partial charge in [0.1, 0.15) is 5.75 Å². The molecule has 0 amide bonds. The molecule has 0 radical (unpaired) electrons. The molecule has 0 N–H and O–H groups in total. The topological polar surface area (TPSA) is 48.4 Å². The van der Waals surface area contributed by atoms with E-state index in [1.807, 2.05) is 30.3 Å². The maximum absolute atomic E-state index is 12.2. The molecule has 2 aromatic rings. The van der Waals surface area contributed by atoms with Crippen LogP contribution in [-0.4, -0.2) is 24.7 Å². The van der Waals surface area contributed by atoms with Crippen LogP contribution in [0.4, 0.5) is 0 Å². The molecular weight excluding hydrogens is 278 g/mol. The summed E-state index contributed by atoms with van der Waals surface area (Å²) in [5.74, 6) is 0.700. The van der Waals surface area contributed by atoms with E-state index in [9.17, 15) is 4.79 Å². The van der Waals surface area contributed by atoms with Crippen LogP contribution >= 0.6 is 0 Å². The molecule has 4 heteroatoms. The van der Waals surface area contributed by atoms with Gasteiger partial charge >= 0.3 is 5.97 Å². The average Bonchev–Trinajstić information content (AvgIpc) is 2.54. The number of pyridine rings is 1. The van der Waals surface area contributed by atoms with Gasteiger partial charge in [-0.1, -0.05) is 13.8 Å². The molecule has 0 saturated carbocycles. The predicted octanol–water partition coefficient (Wildman–Crippen LogP) is 4.06. The third-order valence-corrected chi connectivity index (χ3v) is 3.37. The molecule has 0 saturated heterocycles. The summed E-state index contributed by atoms with van der Waals surface area (Å²) in [6, 6.07) is 11.2. The number of hydrogen-bond acceptors (Lipinski definition) is 4. The van der Waals surface area contributed by atoms with Crippen LogP contribution in [0, 0.1) is 0 Å². The molecular formula is C18H21NO3. The van der Waals surface area contributed by atoms with Crippen molar-refractivity contribution >= 4 is 5.97 Å². The molecule has 0 aliphatic carbocycles. The Bertz CT molecular complexity index is 648. The SMILES string of the molecule is CCOC(=O)c1ccc(C(C)C)nc1-c1ccc(OC)cc1. The number of carbonyl (C=O) groups excluding carboxylic acids is 1. The lowest BCUT2D eigenvalue weighted by Crippen LogP contribution is -2.09. The summed E-state index contributed by atoms with van der Waals surface area (Å²) in [5, 5.41) is 0. The zero-order valence-corrected chi connectivity index (χ0v) is 13.4. The van der Waals surface area contributed by atoms with Gasteiger partial charge in [-0.25, -0.2) is 4.79 Å². The number of rotatable bonds is 5. The van der Waals surface area contributed by atoms with Crippen LogP contribution in [0.2, 0.25) is 0 Å². The van der Waals surface area contributed by atoms with E-state index in [0.717, 1.165) is 17.0 Å². The fourth-order valence-corrected chi connectivity index (χ4v) is 2.14. The van der Waals surface area contributed by atoms with Crippen LogP contribution in [0.25, 0.3) is 11.3 Å². The van der Waals surface area contributed by atoms with Crippen molar-refractivity contribution in [2.75, 3.05) is 13.7 Å². The summed E-state index contributed by atoms with van der Waals surface area (Å²) in [6.07, 6.45) is 0. The Kier molecular flexibility index (Phi) is 5.15. The van der Waals surface area contributed by atoms with Crippen LogP contribution in [-0.2, 0) is 4.74 Å². The maximum Gasteiger partial charge on any atom is 0.340 e. The molecule has 116 valence electrons. The second kappa shape index (κ2) is 7.07. The van der Waals surface area contributed by atoms with Crippen LogP contribution in [0.1, 0.15) is 42.7 Å². The molecule has 0 fully saturated rings.